The summed E-state index contributed by atoms with van der Waals surface area (Å²) in [6.07, 6.45) is 14.0. The van der Waals surface area contributed by atoms with Gasteiger partial charge in [0, 0.05) is 0 Å². The largest absolute Gasteiger partial charge is 0.478 e. The minimum atomic E-state index is -0.830. The Bertz CT molecular complexity index is 517. The summed E-state index contributed by atoms with van der Waals surface area (Å²) in [5.74, 6) is 2.75. The van der Waals surface area contributed by atoms with Crippen LogP contribution in [0, 0.1) is 17.8 Å². The van der Waals surface area contributed by atoms with Gasteiger partial charge in [-0.3, -0.25) is 0 Å². The predicted molar refractivity (Wildman–Crippen MR) is 98.5 cm³/mol. The zero-order valence-electron chi connectivity index (χ0n) is 15.0. The van der Waals surface area contributed by atoms with Gasteiger partial charge in [-0.2, -0.15) is 0 Å². The van der Waals surface area contributed by atoms with Gasteiger partial charge in [0.2, 0.25) is 0 Å². The first-order chi connectivity index (χ1) is 11.7. The third-order valence-electron chi connectivity index (χ3n) is 6.66. The van der Waals surface area contributed by atoms with Crippen molar-refractivity contribution < 1.29 is 9.90 Å². The Morgan fingerprint density at radius 1 is 0.917 bits per heavy atom. The van der Waals surface area contributed by atoms with Crippen molar-refractivity contribution in [3.63, 3.8) is 0 Å². The molecule has 1 aromatic carbocycles. The highest BCUT2D eigenvalue weighted by Gasteiger charge is 2.31. The molecule has 132 valence electrons. The van der Waals surface area contributed by atoms with Gasteiger partial charge < -0.3 is 5.11 Å². The Kier molecular flexibility index (Phi) is 5.97. The Morgan fingerprint density at radius 2 is 1.46 bits per heavy atom. The number of hydrogen-bond donors (Lipinski definition) is 1. The molecule has 0 atom stereocenters. The molecule has 0 radical (unpaired) electrons. The van der Waals surface area contributed by atoms with Gasteiger partial charge in [0.25, 0.3) is 0 Å². The molecule has 0 bridgehead atoms. The Hall–Kier alpha value is -1.31. The van der Waals surface area contributed by atoms with E-state index in [-0.39, 0.29) is 0 Å². The zero-order chi connectivity index (χ0) is 16.9. The third kappa shape index (κ3) is 4.20. The standard InChI is InChI=1S/C22H32O2/c1-2-3-16-4-6-17(7-5-16)18-8-10-19(11-9-18)20-12-14-21(15-13-20)22(23)24/h12-19H,2-11H2,1H3,(H,23,24)/t16-,17-,18-,19-. The zero-order valence-corrected chi connectivity index (χ0v) is 15.0. The van der Waals surface area contributed by atoms with Crippen LogP contribution in [0.2, 0.25) is 0 Å². The second kappa shape index (κ2) is 8.18. The number of carboxylic acids is 1. The average molecular weight is 328 g/mol. The summed E-state index contributed by atoms with van der Waals surface area (Å²) in [5.41, 5.74) is 1.74. The number of aromatic carboxylic acids is 1. The fourth-order valence-electron chi connectivity index (χ4n) is 5.18. The number of hydrogen-bond acceptors (Lipinski definition) is 1. The van der Waals surface area contributed by atoms with Crippen molar-refractivity contribution in [1.29, 1.82) is 0 Å². The highest BCUT2D eigenvalue weighted by Crippen LogP contribution is 2.44. The van der Waals surface area contributed by atoms with Crippen LogP contribution in [0.15, 0.2) is 24.3 Å². The van der Waals surface area contributed by atoms with Crippen molar-refractivity contribution in [3.8, 4) is 0 Å². The molecular weight excluding hydrogens is 296 g/mol. The van der Waals surface area contributed by atoms with Crippen LogP contribution in [0.1, 0.15) is 93.0 Å². The van der Waals surface area contributed by atoms with Crippen LogP contribution in [-0.2, 0) is 0 Å². The first-order valence-electron chi connectivity index (χ1n) is 10.0. The second-order valence-corrected chi connectivity index (χ2v) is 8.11. The normalized spacial score (nSPS) is 30.9. The molecule has 0 aromatic heterocycles. The van der Waals surface area contributed by atoms with Crippen molar-refractivity contribution in [2.45, 2.75) is 77.0 Å². The van der Waals surface area contributed by atoms with Gasteiger partial charge in [-0.1, -0.05) is 44.7 Å². The number of rotatable bonds is 5. The molecule has 2 fully saturated rings. The lowest BCUT2D eigenvalue weighted by Gasteiger charge is -2.38. The molecule has 2 nitrogen and oxygen atoms in total. The Balaban J connectivity index is 1.48. The fraction of sp³-hybridized carbons (Fsp3) is 0.682. The summed E-state index contributed by atoms with van der Waals surface area (Å²) in [6, 6.07) is 7.59. The topological polar surface area (TPSA) is 37.3 Å². The van der Waals surface area contributed by atoms with Gasteiger partial charge in [-0.25, -0.2) is 4.79 Å². The summed E-state index contributed by atoms with van der Waals surface area (Å²) in [5, 5.41) is 9.02. The van der Waals surface area contributed by atoms with Crippen molar-refractivity contribution in [2.24, 2.45) is 17.8 Å². The number of carbonyl (C=O) groups is 1. The van der Waals surface area contributed by atoms with E-state index in [9.17, 15) is 4.79 Å². The highest BCUT2D eigenvalue weighted by atomic mass is 16.4. The molecule has 24 heavy (non-hydrogen) atoms. The molecule has 2 heteroatoms. The van der Waals surface area contributed by atoms with Crippen LogP contribution in [0.4, 0.5) is 0 Å². The van der Waals surface area contributed by atoms with E-state index in [2.05, 4.69) is 6.92 Å². The average Bonchev–Trinajstić information content (AvgIpc) is 2.63. The van der Waals surface area contributed by atoms with E-state index in [1.807, 2.05) is 12.1 Å². The monoisotopic (exact) mass is 328 g/mol. The van der Waals surface area contributed by atoms with Crippen LogP contribution in [0.25, 0.3) is 0 Å². The van der Waals surface area contributed by atoms with E-state index in [4.69, 9.17) is 5.11 Å². The highest BCUT2D eigenvalue weighted by molar-refractivity contribution is 5.87. The van der Waals surface area contributed by atoms with Crippen LogP contribution in [0.3, 0.4) is 0 Å². The van der Waals surface area contributed by atoms with Gasteiger partial charge in [-0.15, -0.1) is 0 Å². The minimum Gasteiger partial charge on any atom is -0.478 e. The van der Waals surface area contributed by atoms with E-state index >= 15 is 0 Å². The van der Waals surface area contributed by atoms with Gasteiger partial charge >= 0.3 is 5.97 Å². The van der Waals surface area contributed by atoms with E-state index < -0.39 is 5.97 Å². The minimum absolute atomic E-state index is 0.399. The molecular formula is C22H32O2. The molecule has 2 aliphatic rings. The van der Waals surface area contributed by atoms with E-state index in [1.54, 1.807) is 12.1 Å². The predicted octanol–water partition coefficient (Wildman–Crippen LogP) is 6.27. The molecule has 3 rings (SSSR count). The van der Waals surface area contributed by atoms with E-state index in [1.165, 1.54) is 69.8 Å². The summed E-state index contributed by atoms with van der Waals surface area (Å²) in [6.45, 7) is 2.32. The molecule has 2 aliphatic carbocycles. The fourth-order valence-corrected chi connectivity index (χ4v) is 5.18. The lowest BCUT2D eigenvalue weighted by atomic mass is 9.68. The van der Waals surface area contributed by atoms with Crippen LogP contribution in [0.5, 0.6) is 0 Å². The maximum absolute atomic E-state index is 11.0. The second-order valence-electron chi connectivity index (χ2n) is 8.11. The molecule has 1 aromatic rings. The lowest BCUT2D eigenvalue weighted by molar-refractivity contribution is 0.0697. The smallest absolute Gasteiger partial charge is 0.335 e. The van der Waals surface area contributed by atoms with Crippen molar-refractivity contribution >= 4 is 5.97 Å². The molecule has 0 aliphatic heterocycles. The number of carboxylic acid groups (broad SMARTS) is 1. The van der Waals surface area contributed by atoms with Crippen LogP contribution in [-0.4, -0.2) is 11.1 Å². The lowest BCUT2D eigenvalue weighted by Crippen LogP contribution is -2.25. The third-order valence-corrected chi connectivity index (χ3v) is 6.66. The molecule has 0 unspecified atom stereocenters. The number of benzene rings is 1. The van der Waals surface area contributed by atoms with Crippen LogP contribution >= 0.6 is 0 Å². The van der Waals surface area contributed by atoms with Crippen molar-refractivity contribution in [2.75, 3.05) is 0 Å². The summed E-state index contributed by atoms with van der Waals surface area (Å²) in [4.78, 5) is 11.0. The first kappa shape index (κ1) is 17.5. The van der Waals surface area contributed by atoms with Gasteiger partial charge in [0.15, 0.2) is 0 Å². The summed E-state index contributed by atoms with van der Waals surface area (Å²) >= 11 is 0. The first-order valence-corrected chi connectivity index (χ1v) is 10.0. The molecule has 1 N–H and O–H groups in total. The van der Waals surface area contributed by atoms with Gasteiger partial charge in [0.05, 0.1) is 5.56 Å². The van der Waals surface area contributed by atoms with E-state index in [0.717, 1.165) is 17.8 Å². The molecule has 0 amide bonds. The summed E-state index contributed by atoms with van der Waals surface area (Å²) in [7, 11) is 0. The van der Waals surface area contributed by atoms with Gasteiger partial charge in [0.1, 0.15) is 0 Å². The maximum Gasteiger partial charge on any atom is 0.335 e. The molecule has 2 saturated carbocycles. The Labute approximate surface area is 146 Å². The molecule has 0 saturated heterocycles. The Morgan fingerprint density at radius 3 is 1.96 bits per heavy atom. The van der Waals surface area contributed by atoms with Crippen LogP contribution < -0.4 is 0 Å². The maximum atomic E-state index is 11.0. The molecule has 0 heterocycles. The van der Waals surface area contributed by atoms with Crippen molar-refractivity contribution in [3.05, 3.63) is 35.4 Å². The quantitative estimate of drug-likeness (QED) is 0.692. The van der Waals surface area contributed by atoms with Crippen molar-refractivity contribution in [1.82, 2.24) is 0 Å². The van der Waals surface area contributed by atoms with E-state index in [0.29, 0.717) is 11.5 Å². The van der Waals surface area contributed by atoms with Gasteiger partial charge in [-0.05, 0) is 79.9 Å². The molecule has 0 spiro atoms. The SMILES string of the molecule is CCC[C@H]1CC[C@H]([C@H]2CC[C@H](c3ccc(C(=O)O)cc3)CC2)CC1. The summed E-state index contributed by atoms with van der Waals surface area (Å²) < 4.78 is 0.